The third-order valence-corrected chi connectivity index (χ3v) is 4.16. The summed E-state index contributed by atoms with van der Waals surface area (Å²) in [6.45, 7) is 3.96. The summed E-state index contributed by atoms with van der Waals surface area (Å²) in [6.07, 6.45) is 4.71. The molecule has 0 aliphatic carbocycles. The quantitative estimate of drug-likeness (QED) is 0.780. The second-order valence-corrected chi connectivity index (χ2v) is 5.85. The topological polar surface area (TPSA) is 37.8 Å². The summed E-state index contributed by atoms with van der Waals surface area (Å²) >= 11 is 1.76. The highest BCUT2D eigenvalue weighted by molar-refractivity contribution is 7.18. The molecule has 0 saturated carbocycles. The fourth-order valence-electron chi connectivity index (χ4n) is 2.17. The van der Waals surface area contributed by atoms with Crippen LogP contribution in [0.2, 0.25) is 0 Å². The van der Waals surface area contributed by atoms with Gasteiger partial charge in [-0.25, -0.2) is 4.98 Å². The molecule has 2 heterocycles. The van der Waals surface area contributed by atoms with Crippen LogP contribution in [0.4, 0.5) is 0 Å². The average molecular weight is 283 g/mol. The lowest BCUT2D eigenvalue weighted by Gasteiger charge is -2.03. The van der Waals surface area contributed by atoms with Crippen molar-refractivity contribution in [3.8, 4) is 0 Å². The zero-order chi connectivity index (χ0) is 13.8. The zero-order valence-corrected chi connectivity index (χ0v) is 12.3. The first-order chi connectivity index (χ1) is 9.85. The number of hydrogen-bond acceptors (Lipinski definition) is 4. The molecule has 0 fully saturated rings. The van der Waals surface area contributed by atoms with Gasteiger partial charge in [0.15, 0.2) is 0 Å². The van der Waals surface area contributed by atoms with Gasteiger partial charge in [-0.3, -0.25) is 4.98 Å². The predicted molar refractivity (Wildman–Crippen MR) is 84.0 cm³/mol. The van der Waals surface area contributed by atoms with Crippen molar-refractivity contribution in [1.82, 2.24) is 15.3 Å². The second-order valence-electron chi connectivity index (χ2n) is 4.73. The van der Waals surface area contributed by atoms with E-state index >= 15 is 0 Å². The molecule has 1 N–H and O–H groups in total. The number of nitrogens with zero attached hydrogens (tertiary/aromatic N) is 2. The highest BCUT2D eigenvalue weighted by atomic mass is 32.1. The molecule has 0 saturated heterocycles. The lowest BCUT2D eigenvalue weighted by molar-refractivity contribution is 0.723. The third kappa shape index (κ3) is 3.03. The SMILES string of the molecule is CCNCc1cncc(Cc2nc3ccccc3s2)c1. The molecule has 2 aromatic heterocycles. The van der Waals surface area contributed by atoms with E-state index in [-0.39, 0.29) is 0 Å². The van der Waals surface area contributed by atoms with Crippen LogP contribution in [0.5, 0.6) is 0 Å². The van der Waals surface area contributed by atoms with E-state index in [1.807, 2.05) is 18.5 Å². The number of para-hydroxylation sites is 1. The maximum absolute atomic E-state index is 4.67. The molecule has 4 heteroatoms. The smallest absolute Gasteiger partial charge is 0.0983 e. The largest absolute Gasteiger partial charge is 0.313 e. The van der Waals surface area contributed by atoms with Gasteiger partial charge < -0.3 is 5.32 Å². The summed E-state index contributed by atoms with van der Waals surface area (Å²) in [4.78, 5) is 9.00. The Balaban J connectivity index is 1.79. The molecule has 0 aliphatic rings. The predicted octanol–water partition coefficient (Wildman–Crippen LogP) is 3.39. The van der Waals surface area contributed by atoms with Crippen molar-refractivity contribution in [3.63, 3.8) is 0 Å². The lowest BCUT2D eigenvalue weighted by atomic mass is 10.1. The molecule has 3 aromatic rings. The Bertz CT molecular complexity index is 673. The van der Waals surface area contributed by atoms with E-state index in [1.165, 1.54) is 15.8 Å². The number of aromatic nitrogens is 2. The van der Waals surface area contributed by atoms with Crippen LogP contribution in [0, 0.1) is 0 Å². The monoisotopic (exact) mass is 283 g/mol. The van der Waals surface area contributed by atoms with Gasteiger partial charge in [-0.15, -0.1) is 11.3 Å². The Labute approximate surface area is 122 Å². The van der Waals surface area contributed by atoms with E-state index in [2.05, 4.69) is 46.5 Å². The number of benzene rings is 1. The molecular formula is C16H17N3S. The first kappa shape index (κ1) is 13.2. The van der Waals surface area contributed by atoms with Gasteiger partial charge in [-0.1, -0.05) is 25.1 Å². The van der Waals surface area contributed by atoms with E-state index in [1.54, 1.807) is 11.3 Å². The first-order valence-corrected chi connectivity index (χ1v) is 7.65. The van der Waals surface area contributed by atoms with Crippen LogP contribution in [0.15, 0.2) is 42.7 Å². The minimum Gasteiger partial charge on any atom is -0.313 e. The lowest BCUT2D eigenvalue weighted by Crippen LogP contribution is -2.12. The number of fused-ring (bicyclic) bond motifs is 1. The molecule has 20 heavy (non-hydrogen) atoms. The maximum Gasteiger partial charge on any atom is 0.0983 e. The van der Waals surface area contributed by atoms with Crippen LogP contribution in [0.1, 0.15) is 23.1 Å². The summed E-state index contributed by atoms with van der Waals surface area (Å²) in [5, 5.41) is 4.47. The average Bonchev–Trinajstić information content (AvgIpc) is 2.87. The van der Waals surface area contributed by atoms with Crippen LogP contribution in [0.3, 0.4) is 0 Å². The number of nitrogens with one attached hydrogen (secondary N) is 1. The summed E-state index contributed by atoms with van der Waals surface area (Å²) in [6, 6.07) is 10.5. The van der Waals surface area contributed by atoms with Gasteiger partial charge in [0.05, 0.1) is 15.2 Å². The van der Waals surface area contributed by atoms with Crippen LogP contribution in [0.25, 0.3) is 10.2 Å². The van der Waals surface area contributed by atoms with Gasteiger partial charge >= 0.3 is 0 Å². The molecule has 0 bridgehead atoms. The van der Waals surface area contributed by atoms with Crippen molar-refractivity contribution >= 4 is 21.6 Å². The number of hydrogen-bond donors (Lipinski definition) is 1. The summed E-state index contributed by atoms with van der Waals surface area (Å²) in [5.74, 6) is 0. The number of rotatable bonds is 5. The van der Waals surface area contributed by atoms with Gasteiger partial charge in [0, 0.05) is 25.4 Å². The molecule has 0 amide bonds. The van der Waals surface area contributed by atoms with E-state index in [9.17, 15) is 0 Å². The van der Waals surface area contributed by atoms with E-state index in [0.717, 1.165) is 30.0 Å². The highest BCUT2D eigenvalue weighted by Crippen LogP contribution is 2.23. The van der Waals surface area contributed by atoms with Crippen molar-refractivity contribution in [1.29, 1.82) is 0 Å². The van der Waals surface area contributed by atoms with Crippen LogP contribution in [-0.4, -0.2) is 16.5 Å². The molecule has 0 radical (unpaired) electrons. The maximum atomic E-state index is 4.67. The summed E-state index contributed by atoms with van der Waals surface area (Å²) < 4.78 is 1.25. The van der Waals surface area contributed by atoms with Gasteiger partial charge in [0.1, 0.15) is 0 Å². The molecule has 102 valence electrons. The van der Waals surface area contributed by atoms with Crippen molar-refractivity contribution in [3.05, 3.63) is 58.9 Å². The van der Waals surface area contributed by atoms with Gasteiger partial charge in [0.2, 0.25) is 0 Å². The Kier molecular flexibility index (Phi) is 4.04. The van der Waals surface area contributed by atoms with Crippen molar-refractivity contribution in [2.75, 3.05) is 6.54 Å². The summed E-state index contributed by atoms with van der Waals surface area (Å²) in [7, 11) is 0. The number of thiazole rings is 1. The molecule has 3 nitrogen and oxygen atoms in total. The fraction of sp³-hybridized carbons (Fsp3) is 0.250. The molecule has 1 aromatic carbocycles. The summed E-state index contributed by atoms with van der Waals surface area (Å²) in [5.41, 5.74) is 3.54. The second kappa shape index (κ2) is 6.11. The van der Waals surface area contributed by atoms with Crippen LogP contribution < -0.4 is 5.32 Å². The normalized spacial score (nSPS) is 11.1. The molecule has 0 atom stereocenters. The molecule has 3 rings (SSSR count). The van der Waals surface area contributed by atoms with Crippen molar-refractivity contribution in [2.24, 2.45) is 0 Å². The Hall–Kier alpha value is -1.78. The third-order valence-electron chi connectivity index (χ3n) is 3.12. The van der Waals surface area contributed by atoms with E-state index < -0.39 is 0 Å². The standard InChI is InChI=1S/C16H17N3S/c1-2-17-10-13-7-12(9-18-11-13)8-16-19-14-5-3-4-6-15(14)20-16/h3-7,9,11,17H,2,8,10H2,1H3. The zero-order valence-electron chi connectivity index (χ0n) is 11.5. The van der Waals surface area contributed by atoms with Crippen LogP contribution >= 0.6 is 11.3 Å². The van der Waals surface area contributed by atoms with E-state index in [0.29, 0.717) is 0 Å². The van der Waals surface area contributed by atoms with Gasteiger partial charge in [-0.05, 0) is 29.8 Å². The number of pyridine rings is 1. The molecule has 0 spiro atoms. The molecule has 0 aliphatic heterocycles. The minimum atomic E-state index is 0.853. The minimum absolute atomic E-state index is 0.853. The molecule has 0 unspecified atom stereocenters. The van der Waals surface area contributed by atoms with Crippen molar-refractivity contribution < 1.29 is 0 Å². The molecular weight excluding hydrogens is 266 g/mol. The van der Waals surface area contributed by atoms with Crippen molar-refractivity contribution in [2.45, 2.75) is 19.9 Å². The Morgan fingerprint density at radius 3 is 2.85 bits per heavy atom. The highest BCUT2D eigenvalue weighted by Gasteiger charge is 2.05. The Morgan fingerprint density at radius 1 is 1.15 bits per heavy atom. The first-order valence-electron chi connectivity index (χ1n) is 6.83. The van der Waals surface area contributed by atoms with E-state index in [4.69, 9.17) is 0 Å². The van der Waals surface area contributed by atoms with Crippen LogP contribution in [-0.2, 0) is 13.0 Å². The van der Waals surface area contributed by atoms with Gasteiger partial charge in [-0.2, -0.15) is 0 Å². The van der Waals surface area contributed by atoms with Gasteiger partial charge in [0.25, 0.3) is 0 Å². The fourth-order valence-corrected chi connectivity index (χ4v) is 3.18. The Morgan fingerprint density at radius 2 is 2.00 bits per heavy atom.